The van der Waals surface area contributed by atoms with Crippen LogP contribution in [0.1, 0.15) is 12.7 Å². The number of fused-ring (bicyclic) bond motifs is 1. The van der Waals surface area contributed by atoms with Gasteiger partial charge in [0.25, 0.3) is 0 Å². The summed E-state index contributed by atoms with van der Waals surface area (Å²) in [7, 11) is 3.13. The van der Waals surface area contributed by atoms with Gasteiger partial charge in [0.2, 0.25) is 5.43 Å². The molecule has 0 atom stereocenters. The van der Waals surface area contributed by atoms with E-state index in [2.05, 4.69) is 0 Å². The van der Waals surface area contributed by atoms with Gasteiger partial charge in [-0.2, -0.15) is 0 Å². The molecule has 0 unspecified atom stereocenters. The van der Waals surface area contributed by atoms with E-state index in [1.165, 1.54) is 0 Å². The quantitative estimate of drug-likeness (QED) is 0.542. The third kappa shape index (κ3) is 3.97. The van der Waals surface area contributed by atoms with Gasteiger partial charge in [0.05, 0.1) is 31.8 Å². The highest BCUT2D eigenvalue weighted by Crippen LogP contribution is 2.33. The minimum Gasteiger partial charge on any atom is -0.493 e. The molecule has 0 aliphatic carbocycles. The van der Waals surface area contributed by atoms with Crippen molar-refractivity contribution in [3.63, 3.8) is 0 Å². The van der Waals surface area contributed by atoms with Gasteiger partial charge >= 0.3 is 0 Å². The van der Waals surface area contributed by atoms with E-state index >= 15 is 0 Å². The van der Waals surface area contributed by atoms with E-state index in [4.69, 9.17) is 23.4 Å². The highest BCUT2D eigenvalue weighted by atomic mass is 16.5. The normalized spacial score (nSPS) is 10.9. The van der Waals surface area contributed by atoms with Crippen LogP contribution in [0.4, 0.5) is 0 Å². The second kappa shape index (κ2) is 8.80. The van der Waals surface area contributed by atoms with Crippen molar-refractivity contribution in [3.05, 3.63) is 52.4 Å². The molecule has 0 aliphatic heterocycles. The average molecular weight is 384 g/mol. The zero-order chi connectivity index (χ0) is 20.1. The zero-order valence-electron chi connectivity index (χ0n) is 16.5. The van der Waals surface area contributed by atoms with E-state index in [-0.39, 0.29) is 5.43 Å². The monoisotopic (exact) mass is 384 g/mol. The molecular weight excluding hydrogens is 360 g/mol. The summed E-state index contributed by atoms with van der Waals surface area (Å²) in [6.07, 6.45) is 0. The van der Waals surface area contributed by atoms with Gasteiger partial charge in [-0.25, -0.2) is 0 Å². The first-order valence-electron chi connectivity index (χ1n) is 9.09. The molecule has 6 nitrogen and oxygen atoms in total. The first-order chi connectivity index (χ1) is 13.6. The Morgan fingerprint density at radius 3 is 2.46 bits per heavy atom. The molecule has 2 aromatic carbocycles. The first-order valence-corrected chi connectivity index (χ1v) is 9.09. The van der Waals surface area contributed by atoms with Crippen LogP contribution in [-0.2, 0) is 4.74 Å². The van der Waals surface area contributed by atoms with Gasteiger partial charge in [-0.1, -0.05) is 6.07 Å². The van der Waals surface area contributed by atoms with Gasteiger partial charge < -0.3 is 23.4 Å². The highest BCUT2D eigenvalue weighted by molar-refractivity contribution is 5.84. The number of hydrogen-bond donors (Lipinski definition) is 0. The molecule has 0 saturated carbocycles. The number of aryl methyl sites for hydroxylation is 1. The largest absolute Gasteiger partial charge is 0.493 e. The molecule has 0 saturated heterocycles. The lowest BCUT2D eigenvalue weighted by Crippen LogP contribution is -2.09. The first kappa shape index (κ1) is 19.8. The predicted octanol–water partition coefficient (Wildman–Crippen LogP) is 4.20. The van der Waals surface area contributed by atoms with E-state index in [1.54, 1.807) is 51.5 Å². The maximum Gasteiger partial charge on any atom is 0.200 e. The molecule has 0 amide bonds. The van der Waals surface area contributed by atoms with Crippen LogP contribution in [0.5, 0.6) is 17.2 Å². The Kier molecular flexibility index (Phi) is 6.21. The molecule has 0 fully saturated rings. The molecule has 0 radical (unpaired) electrons. The lowest BCUT2D eigenvalue weighted by Gasteiger charge is -2.12. The summed E-state index contributed by atoms with van der Waals surface area (Å²) in [4.78, 5) is 13.1. The second-order valence-electron chi connectivity index (χ2n) is 6.14. The lowest BCUT2D eigenvalue weighted by atomic mass is 10.0. The Morgan fingerprint density at radius 2 is 1.75 bits per heavy atom. The van der Waals surface area contributed by atoms with Crippen LogP contribution in [0.2, 0.25) is 0 Å². The van der Waals surface area contributed by atoms with Crippen molar-refractivity contribution in [2.24, 2.45) is 0 Å². The maximum atomic E-state index is 13.1. The van der Waals surface area contributed by atoms with Gasteiger partial charge in [-0.3, -0.25) is 4.79 Å². The Balaban J connectivity index is 2.00. The molecule has 1 heterocycles. The van der Waals surface area contributed by atoms with Crippen LogP contribution in [0, 0.1) is 6.92 Å². The topological polar surface area (TPSA) is 67.1 Å². The number of methoxy groups -OCH3 is 2. The molecule has 0 N–H and O–H groups in total. The van der Waals surface area contributed by atoms with Crippen molar-refractivity contribution in [2.45, 2.75) is 13.8 Å². The fourth-order valence-corrected chi connectivity index (χ4v) is 3.06. The third-order valence-electron chi connectivity index (χ3n) is 4.41. The Labute approximate surface area is 163 Å². The molecule has 0 spiro atoms. The van der Waals surface area contributed by atoms with E-state index in [9.17, 15) is 4.79 Å². The highest BCUT2D eigenvalue weighted by Gasteiger charge is 2.16. The minimum atomic E-state index is -0.105. The van der Waals surface area contributed by atoms with Crippen molar-refractivity contribution in [1.29, 1.82) is 0 Å². The molecule has 3 aromatic rings. The molecular formula is C22H24O6. The molecule has 6 heteroatoms. The maximum absolute atomic E-state index is 13.1. The van der Waals surface area contributed by atoms with Crippen LogP contribution < -0.4 is 19.6 Å². The SMILES string of the molecule is CCOCCOc1ccc2c(=O)c(-c3ccc(OC)c(OC)c3)c(C)oc2c1. The minimum absolute atomic E-state index is 0.105. The van der Waals surface area contributed by atoms with Crippen LogP contribution in [0.3, 0.4) is 0 Å². The summed E-state index contributed by atoms with van der Waals surface area (Å²) in [5, 5.41) is 0.493. The summed E-state index contributed by atoms with van der Waals surface area (Å²) < 4.78 is 27.5. The van der Waals surface area contributed by atoms with Gasteiger partial charge in [0, 0.05) is 12.7 Å². The number of ether oxygens (including phenoxy) is 4. The fourth-order valence-electron chi connectivity index (χ4n) is 3.06. The third-order valence-corrected chi connectivity index (χ3v) is 4.41. The summed E-state index contributed by atoms with van der Waals surface area (Å²) in [6, 6.07) is 10.6. The van der Waals surface area contributed by atoms with E-state index in [1.807, 2.05) is 13.0 Å². The van der Waals surface area contributed by atoms with Crippen molar-refractivity contribution in [1.82, 2.24) is 0 Å². The molecule has 0 aliphatic rings. The lowest BCUT2D eigenvalue weighted by molar-refractivity contribution is 0.110. The Hall–Kier alpha value is -2.99. The van der Waals surface area contributed by atoms with Gasteiger partial charge in [0.1, 0.15) is 23.7 Å². The van der Waals surface area contributed by atoms with Crippen molar-refractivity contribution >= 4 is 11.0 Å². The number of hydrogen-bond acceptors (Lipinski definition) is 6. The van der Waals surface area contributed by atoms with Gasteiger partial charge in [-0.15, -0.1) is 0 Å². The van der Waals surface area contributed by atoms with E-state index < -0.39 is 0 Å². The summed E-state index contributed by atoms with van der Waals surface area (Å²) in [5.41, 5.74) is 1.59. The Morgan fingerprint density at radius 1 is 0.964 bits per heavy atom. The summed E-state index contributed by atoms with van der Waals surface area (Å²) >= 11 is 0. The average Bonchev–Trinajstić information content (AvgIpc) is 2.70. The van der Waals surface area contributed by atoms with Crippen molar-refractivity contribution < 1.29 is 23.4 Å². The van der Waals surface area contributed by atoms with Gasteiger partial charge in [0.15, 0.2) is 11.5 Å². The molecule has 0 bridgehead atoms. The molecule has 148 valence electrons. The smallest absolute Gasteiger partial charge is 0.200 e. The number of rotatable bonds is 8. The Bertz CT molecular complexity index is 1020. The zero-order valence-corrected chi connectivity index (χ0v) is 16.5. The summed E-state index contributed by atoms with van der Waals surface area (Å²) in [6.45, 7) is 5.30. The number of benzene rings is 2. The molecule has 1 aromatic heterocycles. The van der Waals surface area contributed by atoms with E-state index in [0.717, 1.165) is 0 Å². The van der Waals surface area contributed by atoms with Crippen LogP contribution in [0.25, 0.3) is 22.1 Å². The second-order valence-corrected chi connectivity index (χ2v) is 6.14. The predicted molar refractivity (Wildman–Crippen MR) is 108 cm³/mol. The van der Waals surface area contributed by atoms with Crippen LogP contribution in [0.15, 0.2) is 45.6 Å². The van der Waals surface area contributed by atoms with Crippen molar-refractivity contribution in [2.75, 3.05) is 34.0 Å². The van der Waals surface area contributed by atoms with Gasteiger partial charge in [-0.05, 0) is 43.7 Å². The van der Waals surface area contributed by atoms with E-state index in [0.29, 0.717) is 64.9 Å². The summed E-state index contributed by atoms with van der Waals surface area (Å²) in [5.74, 6) is 2.31. The van der Waals surface area contributed by atoms with Crippen LogP contribution in [-0.4, -0.2) is 34.0 Å². The standard InChI is InChI=1S/C22H24O6/c1-5-26-10-11-27-16-7-8-17-19(13-16)28-14(2)21(22(17)23)15-6-9-18(24-3)20(12-15)25-4/h6-9,12-13H,5,10-11H2,1-4H3. The molecule has 3 rings (SSSR count). The van der Waals surface area contributed by atoms with Crippen LogP contribution >= 0.6 is 0 Å². The molecule has 28 heavy (non-hydrogen) atoms. The van der Waals surface area contributed by atoms with Crippen molar-refractivity contribution in [3.8, 4) is 28.4 Å². The fraction of sp³-hybridized carbons (Fsp3) is 0.318.